The van der Waals surface area contributed by atoms with Crippen LogP contribution in [0.3, 0.4) is 0 Å². The molecule has 3 atom stereocenters. The van der Waals surface area contributed by atoms with Gasteiger partial charge in [-0.1, -0.05) is 0 Å². The van der Waals surface area contributed by atoms with Crippen molar-refractivity contribution in [3.8, 4) is 0 Å². The van der Waals surface area contributed by atoms with Gasteiger partial charge >= 0.3 is 0 Å². The molecule has 3 rings (SSSR count). The zero-order valence-electron chi connectivity index (χ0n) is 11.4. The summed E-state index contributed by atoms with van der Waals surface area (Å²) < 4.78 is 12.0. The number of ether oxygens (including phenoxy) is 2. The first-order chi connectivity index (χ1) is 8.68. The molecule has 0 aromatic rings. The van der Waals surface area contributed by atoms with Crippen molar-refractivity contribution < 1.29 is 9.47 Å². The van der Waals surface area contributed by atoms with Crippen LogP contribution in [0.2, 0.25) is 0 Å². The van der Waals surface area contributed by atoms with Crippen LogP contribution in [0.5, 0.6) is 0 Å². The van der Waals surface area contributed by atoms with Crippen LogP contribution < -0.4 is 11.3 Å². The molecule has 0 amide bonds. The molecule has 1 aliphatic carbocycles. The Kier molecular flexibility index (Phi) is 3.39. The van der Waals surface area contributed by atoms with Crippen LogP contribution in [0.4, 0.5) is 0 Å². The van der Waals surface area contributed by atoms with Crippen molar-refractivity contribution in [2.45, 2.75) is 69.1 Å². The van der Waals surface area contributed by atoms with Gasteiger partial charge in [0.05, 0.1) is 17.2 Å². The highest BCUT2D eigenvalue weighted by Gasteiger charge is 2.49. The maximum atomic E-state index is 6.01. The van der Waals surface area contributed by atoms with Crippen molar-refractivity contribution >= 4 is 0 Å². The minimum absolute atomic E-state index is 0.0817. The molecule has 0 radical (unpaired) electrons. The van der Waals surface area contributed by atoms with Gasteiger partial charge in [-0.2, -0.15) is 0 Å². The van der Waals surface area contributed by atoms with Crippen molar-refractivity contribution in [1.82, 2.24) is 5.43 Å². The summed E-state index contributed by atoms with van der Waals surface area (Å²) in [5.74, 6) is 6.44. The lowest BCUT2D eigenvalue weighted by atomic mass is 9.68. The Morgan fingerprint density at radius 1 is 1.17 bits per heavy atom. The second kappa shape index (κ2) is 4.75. The summed E-state index contributed by atoms with van der Waals surface area (Å²) in [6.45, 7) is 3.98. The van der Waals surface area contributed by atoms with E-state index in [4.69, 9.17) is 15.3 Å². The third-order valence-corrected chi connectivity index (χ3v) is 5.35. The van der Waals surface area contributed by atoms with E-state index in [1.807, 2.05) is 0 Å². The molecule has 2 heterocycles. The average Bonchev–Trinajstić information content (AvgIpc) is 2.76. The van der Waals surface area contributed by atoms with Crippen LogP contribution >= 0.6 is 0 Å². The minimum atomic E-state index is -0.0817. The predicted molar refractivity (Wildman–Crippen MR) is 70.0 cm³/mol. The molecule has 3 unspecified atom stereocenters. The van der Waals surface area contributed by atoms with Gasteiger partial charge < -0.3 is 9.47 Å². The highest BCUT2D eigenvalue weighted by atomic mass is 16.5. The molecule has 4 heteroatoms. The largest absolute Gasteiger partial charge is 0.375 e. The van der Waals surface area contributed by atoms with E-state index in [0.29, 0.717) is 5.92 Å². The monoisotopic (exact) mass is 254 g/mol. The van der Waals surface area contributed by atoms with Gasteiger partial charge in [0.15, 0.2) is 0 Å². The highest BCUT2D eigenvalue weighted by molar-refractivity contribution is 5.02. The number of nitrogens with two attached hydrogens (primary N) is 1. The van der Waals surface area contributed by atoms with Gasteiger partial charge in [-0.05, 0) is 57.8 Å². The zero-order chi connectivity index (χ0) is 12.6. The molecule has 104 valence electrons. The molecule has 2 aliphatic heterocycles. The van der Waals surface area contributed by atoms with E-state index in [1.165, 1.54) is 19.3 Å². The second-order valence-electron chi connectivity index (χ2n) is 6.55. The molecule has 3 fully saturated rings. The molecular formula is C14H26N2O2. The Bertz CT molecular complexity index is 298. The normalized spacial score (nSPS) is 40.7. The van der Waals surface area contributed by atoms with Crippen LogP contribution in [0.25, 0.3) is 0 Å². The fourth-order valence-electron chi connectivity index (χ4n) is 4.13. The highest BCUT2D eigenvalue weighted by Crippen LogP contribution is 2.47. The van der Waals surface area contributed by atoms with Crippen LogP contribution in [-0.2, 0) is 9.47 Å². The lowest BCUT2D eigenvalue weighted by Crippen LogP contribution is -2.59. The number of hydrazine groups is 1. The van der Waals surface area contributed by atoms with Gasteiger partial charge in [-0.25, -0.2) is 0 Å². The van der Waals surface area contributed by atoms with Crippen LogP contribution in [0, 0.1) is 5.92 Å². The van der Waals surface area contributed by atoms with Crippen molar-refractivity contribution in [1.29, 1.82) is 0 Å². The molecule has 1 saturated carbocycles. The standard InChI is InChI=1S/C14H26N2O2/c1-13(5-3-8-17-13)12(16-15)11-4-9-18-14(10-11)6-2-7-14/h11-12,16H,2-10,15H2,1H3. The maximum absolute atomic E-state index is 6.01. The zero-order valence-corrected chi connectivity index (χ0v) is 11.4. The third-order valence-electron chi connectivity index (χ3n) is 5.35. The maximum Gasteiger partial charge on any atom is 0.0823 e. The van der Waals surface area contributed by atoms with Gasteiger partial charge in [0.2, 0.25) is 0 Å². The Balaban J connectivity index is 1.71. The summed E-state index contributed by atoms with van der Waals surface area (Å²) in [7, 11) is 0. The summed E-state index contributed by atoms with van der Waals surface area (Å²) in [6.07, 6.45) is 8.32. The second-order valence-corrected chi connectivity index (χ2v) is 6.55. The molecule has 1 spiro atoms. The van der Waals surface area contributed by atoms with E-state index in [2.05, 4.69) is 12.3 Å². The van der Waals surface area contributed by atoms with E-state index in [1.54, 1.807) is 0 Å². The Morgan fingerprint density at radius 3 is 2.56 bits per heavy atom. The molecule has 18 heavy (non-hydrogen) atoms. The molecule has 3 N–H and O–H groups in total. The van der Waals surface area contributed by atoms with Crippen LogP contribution in [0.1, 0.15) is 51.9 Å². The molecule has 0 aromatic carbocycles. The molecule has 3 aliphatic rings. The lowest BCUT2D eigenvalue weighted by molar-refractivity contribution is -0.157. The number of hydrogen-bond donors (Lipinski definition) is 2. The molecule has 2 saturated heterocycles. The SMILES string of the molecule is CC1(C(NN)C2CCOC3(CCC3)C2)CCCO1. The van der Waals surface area contributed by atoms with Crippen molar-refractivity contribution in [2.75, 3.05) is 13.2 Å². The number of rotatable bonds is 3. The van der Waals surface area contributed by atoms with Crippen molar-refractivity contribution in [3.63, 3.8) is 0 Å². The number of hydrogen-bond acceptors (Lipinski definition) is 4. The summed E-state index contributed by atoms with van der Waals surface area (Å²) in [6, 6.07) is 0.265. The van der Waals surface area contributed by atoms with Gasteiger partial charge in [0, 0.05) is 13.2 Å². The van der Waals surface area contributed by atoms with E-state index in [9.17, 15) is 0 Å². The van der Waals surface area contributed by atoms with Crippen LogP contribution in [0.15, 0.2) is 0 Å². The van der Waals surface area contributed by atoms with Gasteiger partial charge in [-0.15, -0.1) is 0 Å². The minimum Gasteiger partial charge on any atom is -0.375 e. The van der Waals surface area contributed by atoms with Crippen LogP contribution in [-0.4, -0.2) is 30.5 Å². The average molecular weight is 254 g/mol. The van der Waals surface area contributed by atoms with Crippen molar-refractivity contribution in [2.24, 2.45) is 11.8 Å². The quantitative estimate of drug-likeness (QED) is 0.595. The first kappa shape index (κ1) is 12.9. The third kappa shape index (κ3) is 2.09. The van der Waals surface area contributed by atoms with E-state index >= 15 is 0 Å². The van der Waals surface area contributed by atoms with E-state index in [-0.39, 0.29) is 17.2 Å². The van der Waals surface area contributed by atoms with Gasteiger partial charge in [0.1, 0.15) is 0 Å². The fraction of sp³-hybridized carbons (Fsp3) is 1.00. The van der Waals surface area contributed by atoms with Gasteiger partial charge in [0.25, 0.3) is 0 Å². The Hall–Kier alpha value is -0.160. The molecule has 0 aromatic heterocycles. The fourth-order valence-corrected chi connectivity index (χ4v) is 4.13. The van der Waals surface area contributed by atoms with E-state index < -0.39 is 0 Å². The summed E-state index contributed by atoms with van der Waals surface area (Å²) >= 11 is 0. The molecule has 4 nitrogen and oxygen atoms in total. The van der Waals surface area contributed by atoms with Crippen molar-refractivity contribution in [3.05, 3.63) is 0 Å². The first-order valence-corrected chi connectivity index (χ1v) is 7.42. The predicted octanol–water partition coefficient (Wildman–Crippen LogP) is 1.74. The Labute approximate surface area is 110 Å². The smallest absolute Gasteiger partial charge is 0.0823 e. The number of nitrogens with one attached hydrogen (secondary N) is 1. The molecular weight excluding hydrogens is 228 g/mol. The molecule has 0 bridgehead atoms. The summed E-state index contributed by atoms with van der Waals surface area (Å²) in [5, 5.41) is 0. The Morgan fingerprint density at radius 2 is 2.00 bits per heavy atom. The van der Waals surface area contributed by atoms with E-state index in [0.717, 1.165) is 38.9 Å². The topological polar surface area (TPSA) is 56.5 Å². The lowest BCUT2D eigenvalue weighted by Gasteiger charge is -2.50. The summed E-state index contributed by atoms with van der Waals surface area (Å²) in [5.41, 5.74) is 3.17. The first-order valence-electron chi connectivity index (χ1n) is 7.42. The summed E-state index contributed by atoms with van der Waals surface area (Å²) in [4.78, 5) is 0. The van der Waals surface area contributed by atoms with Gasteiger partial charge in [-0.3, -0.25) is 11.3 Å².